The van der Waals surface area contributed by atoms with Crippen molar-refractivity contribution in [3.63, 3.8) is 0 Å². The van der Waals surface area contributed by atoms with E-state index in [1.165, 1.54) is 37.3 Å². The van der Waals surface area contributed by atoms with Gasteiger partial charge >= 0.3 is 0 Å². The van der Waals surface area contributed by atoms with E-state index in [0.717, 1.165) is 28.6 Å². The molecular formula is C30H27FN6OS. The lowest BCUT2D eigenvalue weighted by molar-refractivity contribution is 0.443. The van der Waals surface area contributed by atoms with E-state index < -0.39 is 5.82 Å². The number of ether oxygens (including phenoxy) is 1. The zero-order chi connectivity index (χ0) is 26.4. The highest BCUT2D eigenvalue weighted by molar-refractivity contribution is 8.00. The minimum absolute atomic E-state index is 0.111. The zero-order valence-corrected chi connectivity index (χ0v) is 22.0. The van der Waals surface area contributed by atoms with Gasteiger partial charge in [-0.3, -0.25) is 9.97 Å². The second kappa shape index (κ2) is 11.7. The first-order valence-corrected chi connectivity index (χ1v) is 13.8. The summed E-state index contributed by atoms with van der Waals surface area (Å²) in [5.41, 5.74) is 2.82. The van der Waals surface area contributed by atoms with Crippen molar-refractivity contribution in [1.82, 2.24) is 19.9 Å². The summed E-state index contributed by atoms with van der Waals surface area (Å²) in [6.07, 6.45) is 12.7. The van der Waals surface area contributed by atoms with Crippen LogP contribution in [0.4, 0.5) is 16.0 Å². The van der Waals surface area contributed by atoms with E-state index in [4.69, 9.17) is 9.72 Å². The summed E-state index contributed by atoms with van der Waals surface area (Å²) in [5.74, 6) is 0.666. The molecule has 3 aromatic heterocycles. The maximum absolute atomic E-state index is 15.1. The molecule has 1 aliphatic carbocycles. The molecule has 2 aromatic carbocycles. The predicted octanol–water partition coefficient (Wildman–Crippen LogP) is 7.88. The van der Waals surface area contributed by atoms with Crippen LogP contribution < -0.4 is 14.8 Å². The third-order valence-electron chi connectivity index (χ3n) is 6.68. The van der Waals surface area contributed by atoms with Gasteiger partial charge in [-0.2, -0.15) is 0 Å². The Labute approximate surface area is 230 Å². The molecule has 6 rings (SSSR count). The van der Waals surface area contributed by atoms with Gasteiger partial charge in [0.25, 0.3) is 0 Å². The van der Waals surface area contributed by atoms with Gasteiger partial charge < -0.3 is 14.8 Å². The molecule has 0 amide bonds. The number of rotatable bonds is 8. The van der Waals surface area contributed by atoms with Gasteiger partial charge in [-0.25, -0.2) is 14.4 Å². The fraction of sp³-hybridized carbons (Fsp3) is 0.200. The van der Waals surface area contributed by atoms with Crippen LogP contribution in [0.5, 0.6) is 11.5 Å². The van der Waals surface area contributed by atoms with Crippen LogP contribution in [0.2, 0.25) is 0 Å². The molecule has 39 heavy (non-hydrogen) atoms. The maximum atomic E-state index is 15.1. The van der Waals surface area contributed by atoms with E-state index in [0.29, 0.717) is 34.7 Å². The lowest BCUT2D eigenvalue weighted by Crippen LogP contribution is -2.23. The summed E-state index contributed by atoms with van der Waals surface area (Å²) in [4.78, 5) is 18.8. The Hall–Kier alpha value is -4.24. The average Bonchev–Trinajstić information content (AvgIpc) is 2.98. The third kappa shape index (κ3) is 5.93. The molecule has 7 nitrogen and oxygen atoms in total. The molecule has 3 heterocycles. The van der Waals surface area contributed by atoms with E-state index >= 15 is 4.39 Å². The van der Waals surface area contributed by atoms with Crippen LogP contribution in [-0.4, -0.2) is 26.0 Å². The van der Waals surface area contributed by atoms with Gasteiger partial charge in [-0.05, 0) is 61.2 Å². The van der Waals surface area contributed by atoms with Crippen LogP contribution >= 0.6 is 11.9 Å². The lowest BCUT2D eigenvalue weighted by atomic mass is 9.96. The quantitative estimate of drug-likeness (QED) is 0.193. The number of pyridine rings is 2. The molecule has 9 heteroatoms. The molecule has 196 valence electrons. The normalized spacial score (nSPS) is 13.8. The molecule has 0 unspecified atom stereocenters. The van der Waals surface area contributed by atoms with Crippen LogP contribution in [0.25, 0.3) is 22.2 Å². The summed E-state index contributed by atoms with van der Waals surface area (Å²) in [5, 5.41) is 4.50. The van der Waals surface area contributed by atoms with Gasteiger partial charge in [-0.15, -0.1) is 0 Å². The molecule has 0 aliphatic heterocycles. The molecule has 0 radical (unpaired) electrons. The average molecular weight is 539 g/mol. The number of para-hydroxylation sites is 1. The Balaban J connectivity index is 1.17. The topological polar surface area (TPSA) is 84.9 Å². The minimum Gasteiger partial charge on any atom is -0.453 e. The van der Waals surface area contributed by atoms with E-state index in [-0.39, 0.29) is 5.75 Å². The first-order valence-electron chi connectivity index (χ1n) is 13.0. The van der Waals surface area contributed by atoms with Crippen molar-refractivity contribution in [3.05, 3.63) is 91.3 Å². The van der Waals surface area contributed by atoms with Crippen LogP contribution in [0.15, 0.2) is 90.3 Å². The maximum Gasteiger partial charge on any atom is 0.223 e. The monoisotopic (exact) mass is 538 g/mol. The van der Waals surface area contributed by atoms with Crippen molar-refractivity contribution in [3.8, 4) is 22.8 Å². The molecule has 1 aliphatic rings. The Morgan fingerprint density at radius 2 is 1.77 bits per heavy atom. The Morgan fingerprint density at radius 3 is 2.67 bits per heavy atom. The van der Waals surface area contributed by atoms with Gasteiger partial charge in [-0.1, -0.05) is 37.5 Å². The fourth-order valence-corrected chi connectivity index (χ4v) is 5.48. The predicted molar refractivity (Wildman–Crippen MR) is 153 cm³/mol. The molecule has 1 saturated carbocycles. The number of benzene rings is 2. The number of halogens is 1. The van der Waals surface area contributed by atoms with Crippen molar-refractivity contribution in [2.24, 2.45) is 0 Å². The standard InChI is InChI=1S/C30H27FN6OS/c31-24-18-22(37-39-28-10-4-6-20-7-5-15-33-29(20)28)11-12-27(24)38-26-14-16-32-19-23(26)25-13-17-34-30(36-25)35-21-8-2-1-3-9-21/h4-7,10-19,21,37H,1-3,8-9H2,(H,34,35,36). The first-order chi connectivity index (χ1) is 19.2. The van der Waals surface area contributed by atoms with E-state index in [1.807, 2.05) is 30.3 Å². The molecule has 0 bridgehead atoms. The van der Waals surface area contributed by atoms with Crippen molar-refractivity contribution < 1.29 is 9.13 Å². The molecular weight excluding hydrogens is 511 g/mol. The van der Waals surface area contributed by atoms with Gasteiger partial charge in [0.05, 0.1) is 21.7 Å². The molecule has 0 saturated heterocycles. The number of anilines is 2. The number of aromatic nitrogens is 4. The largest absolute Gasteiger partial charge is 0.453 e. The molecule has 1 fully saturated rings. The Morgan fingerprint density at radius 1 is 0.872 bits per heavy atom. The van der Waals surface area contributed by atoms with Gasteiger partial charge in [0, 0.05) is 48.0 Å². The number of fused-ring (bicyclic) bond motifs is 1. The summed E-state index contributed by atoms with van der Waals surface area (Å²) in [6, 6.07) is 18.6. The summed E-state index contributed by atoms with van der Waals surface area (Å²) in [6.45, 7) is 0. The second-order valence-corrected chi connectivity index (χ2v) is 10.2. The van der Waals surface area contributed by atoms with Gasteiger partial charge in [0.1, 0.15) is 5.75 Å². The highest BCUT2D eigenvalue weighted by atomic mass is 32.2. The van der Waals surface area contributed by atoms with Crippen LogP contribution in [0.1, 0.15) is 32.1 Å². The van der Waals surface area contributed by atoms with Crippen molar-refractivity contribution in [2.75, 3.05) is 10.0 Å². The van der Waals surface area contributed by atoms with Crippen LogP contribution in [-0.2, 0) is 0 Å². The SMILES string of the molecule is Fc1cc(NSc2cccc3cccnc23)ccc1Oc1ccncc1-c1ccnc(NC2CCCCC2)n1. The van der Waals surface area contributed by atoms with Crippen molar-refractivity contribution >= 4 is 34.5 Å². The van der Waals surface area contributed by atoms with E-state index in [1.54, 1.807) is 49.1 Å². The smallest absolute Gasteiger partial charge is 0.223 e. The molecule has 5 aromatic rings. The highest BCUT2D eigenvalue weighted by Gasteiger charge is 2.16. The van der Waals surface area contributed by atoms with Gasteiger partial charge in [0.15, 0.2) is 11.6 Å². The summed E-state index contributed by atoms with van der Waals surface area (Å²) in [7, 11) is 0. The van der Waals surface area contributed by atoms with E-state index in [2.05, 4.69) is 25.0 Å². The first kappa shape index (κ1) is 25.1. The second-order valence-electron chi connectivity index (χ2n) is 9.40. The highest BCUT2D eigenvalue weighted by Crippen LogP contribution is 2.35. The number of nitrogens with zero attached hydrogens (tertiary/aromatic N) is 4. The van der Waals surface area contributed by atoms with Crippen LogP contribution in [0, 0.1) is 5.82 Å². The van der Waals surface area contributed by atoms with Crippen LogP contribution in [0.3, 0.4) is 0 Å². The number of nitrogens with one attached hydrogen (secondary N) is 2. The summed E-state index contributed by atoms with van der Waals surface area (Å²) >= 11 is 1.39. The van der Waals surface area contributed by atoms with E-state index in [9.17, 15) is 0 Å². The number of hydrogen-bond donors (Lipinski definition) is 2. The minimum atomic E-state index is -0.484. The van der Waals surface area contributed by atoms with Crippen molar-refractivity contribution in [2.45, 2.75) is 43.0 Å². The third-order valence-corrected chi connectivity index (χ3v) is 7.56. The zero-order valence-electron chi connectivity index (χ0n) is 21.2. The molecule has 0 spiro atoms. The van der Waals surface area contributed by atoms with Crippen molar-refractivity contribution in [1.29, 1.82) is 0 Å². The number of hydrogen-bond acceptors (Lipinski definition) is 8. The summed E-state index contributed by atoms with van der Waals surface area (Å²) < 4.78 is 24.4. The Kier molecular flexibility index (Phi) is 7.49. The molecule has 2 N–H and O–H groups in total. The molecule has 0 atom stereocenters. The fourth-order valence-electron chi connectivity index (χ4n) is 4.71. The Bertz CT molecular complexity index is 1590. The van der Waals surface area contributed by atoms with Gasteiger partial charge in [0.2, 0.25) is 5.95 Å². The lowest BCUT2D eigenvalue weighted by Gasteiger charge is -2.22.